The van der Waals surface area contributed by atoms with Gasteiger partial charge in [0.2, 0.25) is 0 Å². The lowest BCUT2D eigenvalue weighted by atomic mass is 10.2. The van der Waals surface area contributed by atoms with Crippen LogP contribution in [0.2, 0.25) is 0 Å². The summed E-state index contributed by atoms with van der Waals surface area (Å²) in [6.07, 6.45) is 0. The molecule has 0 aliphatic rings. The molecule has 122 valence electrons. The van der Waals surface area contributed by atoms with Crippen molar-refractivity contribution >= 4 is 36.6 Å². The number of thiol groups is 2. The van der Waals surface area contributed by atoms with E-state index in [1.54, 1.807) is 36.4 Å². The highest BCUT2D eigenvalue weighted by Gasteiger charge is 2.09. The Morgan fingerprint density at radius 2 is 1.04 bits per heavy atom. The summed E-state index contributed by atoms with van der Waals surface area (Å²) in [5.41, 5.74) is 12.8. The van der Waals surface area contributed by atoms with Gasteiger partial charge in [-0.05, 0) is 36.4 Å². The topological polar surface area (TPSA) is 70.5 Å². The maximum absolute atomic E-state index is 5.89. The Morgan fingerprint density at radius 3 is 1.42 bits per heavy atom. The van der Waals surface area contributed by atoms with Gasteiger partial charge in [-0.1, -0.05) is 12.1 Å². The maximum atomic E-state index is 5.89. The van der Waals surface area contributed by atoms with Gasteiger partial charge in [0, 0.05) is 33.3 Å². The van der Waals surface area contributed by atoms with E-state index in [4.69, 9.17) is 20.9 Å². The highest BCUT2D eigenvalue weighted by Crippen LogP contribution is 2.36. The summed E-state index contributed by atoms with van der Waals surface area (Å²) in [7, 11) is 0. The number of hydrogen-bond donors (Lipinski definition) is 4. The van der Waals surface area contributed by atoms with Gasteiger partial charge >= 0.3 is 0 Å². The molecule has 0 saturated carbocycles. The first-order valence-corrected chi connectivity index (χ1v) is 8.04. The van der Waals surface area contributed by atoms with E-state index < -0.39 is 0 Å². The zero-order valence-electron chi connectivity index (χ0n) is 12.6. The van der Waals surface area contributed by atoms with Gasteiger partial charge in [-0.25, -0.2) is 0 Å². The van der Waals surface area contributed by atoms with Crippen LogP contribution < -0.4 is 20.9 Å². The van der Waals surface area contributed by atoms with Crippen LogP contribution in [0, 0.1) is 0 Å². The fraction of sp³-hybridized carbons (Fsp3) is 0. The van der Waals surface area contributed by atoms with Crippen LogP contribution in [-0.2, 0) is 0 Å². The zero-order valence-corrected chi connectivity index (χ0v) is 14.4. The normalized spacial score (nSPS) is 10.4. The summed E-state index contributed by atoms with van der Waals surface area (Å²) < 4.78 is 11.8. The second-order valence-corrected chi connectivity index (χ2v) is 6.06. The molecule has 3 rings (SSSR count). The second-order valence-electron chi connectivity index (χ2n) is 5.09. The highest BCUT2D eigenvalue weighted by atomic mass is 32.1. The first-order valence-electron chi connectivity index (χ1n) is 7.14. The fourth-order valence-corrected chi connectivity index (χ4v) is 2.34. The molecule has 0 aliphatic carbocycles. The van der Waals surface area contributed by atoms with Crippen LogP contribution in [0.1, 0.15) is 0 Å². The van der Waals surface area contributed by atoms with Crippen LogP contribution in [0.3, 0.4) is 0 Å². The van der Waals surface area contributed by atoms with Crippen molar-refractivity contribution in [2.45, 2.75) is 9.79 Å². The number of nitrogens with two attached hydrogens (primary N) is 2. The molecule has 0 heterocycles. The molecule has 4 nitrogen and oxygen atoms in total. The van der Waals surface area contributed by atoms with Gasteiger partial charge in [0.25, 0.3) is 0 Å². The van der Waals surface area contributed by atoms with Crippen molar-refractivity contribution in [3.63, 3.8) is 0 Å². The summed E-state index contributed by atoms with van der Waals surface area (Å²) in [6, 6.07) is 17.9. The van der Waals surface area contributed by atoms with Gasteiger partial charge in [-0.15, -0.1) is 25.3 Å². The lowest BCUT2D eigenvalue weighted by molar-refractivity contribution is 0.419. The molecule has 6 heteroatoms. The van der Waals surface area contributed by atoms with Crippen LogP contribution >= 0.6 is 25.3 Å². The van der Waals surface area contributed by atoms with Crippen LogP contribution in [-0.4, -0.2) is 0 Å². The van der Waals surface area contributed by atoms with E-state index >= 15 is 0 Å². The quantitative estimate of drug-likeness (QED) is 0.392. The van der Waals surface area contributed by atoms with E-state index in [0.717, 1.165) is 0 Å². The Hall–Kier alpha value is -2.44. The summed E-state index contributed by atoms with van der Waals surface area (Å²) in [5, 5.41) is 0. The van der Waals surface area contributed by atoms with Crippen molar-refractivity contribution in [1.82, 2.24) is 0 Å². The van der Waals surface area contributed by atoms with E-state index in [9.17, 15) is 0 Å². The third kappa shape index (κ3) is 3.72. The molecule has 3 aromatic carbocycles. The van der Waals surface area contributed by atoms with Gasteiger partial charge in [0.1, 0.15) is 11.5 Å². The first kappa shape index (κ1) is 16.4. The van der Waals surface area contributed by atoms with Crippen molar-refractivity contribution < 1.29 is 9.47 Å². The number of ether oxygens (including phenoxy) is 2. The van der Waals surface area contributed by atoms with Crippen molar-refractivity contribution in [2.75, 3.05) is 11.5 Å². The lowest BCUT2D eigenvalue weighted by Crippen LogP contribution is -1.93. The van der Waals surface area contributed by atoms with Crippen LogP contribution in [0.4, 0.5) is 11.4 Å². The molecule has 24 heavy (non-hydrogen) atoms. The smallest absolute Gasteiger partial charge is 0.169 e. The largest absolute Gasteiger partial charge is 0.453 e. The number of hydrogen-bond acceptors (Lipinski definition) is 6. The Labute approximate surface area is 151 Å². The fourth-order valence-electron chi connectivity index (χ4n) is 2.06. The van der Waals surface area contributed by atoms with Gasteiger partial charge in [0.15, 0.2) is 11.5 Å². The predicted octanol–water partition coefficient (Wildman–Crippen LogP) is 5.01. The minimum absolute atomic E-state index is 0.548. The van der Waals surface area contributed by atoms with Crippen LogP contribution in [0.5, 0.6) is 23.0 Å². The van der Waals surface area contributed by atoms with Gasteiger partial charge in [-0.2, -0.15) is 0 Å². The molecular weight excluding hydrogens is 340 g/mol. The second kappa shape index (κ2) is 6.98. The van der Waals surface area contributed by atoms with E-state index in [1.807, 2.05) is 24.3 Å². The molecule has 0 aliphatic heterocycles. The Bertz CT molecular complexity index is 812. The number of anilines is 2. The third-order valence-corrected chi connectivity index (χ3v) is 4.12. The third-order valence-electron chi connectivity index (χ3n) is 3.30. The standard InChI is InChI=1S/C18H16N2O2S2/c19-13-9-11(5-7-17(13)23)21-15-3-1-2-4-16(15)22-12-6-8-18(24)14(20)10-12/h1-10,23-24H,19-20H2. The molecule has 0 spiro atoms. The highest BCUT2D eigenvalue weighted by molar-refractivity contribution is 7.80. The molecule has 0 atom stereocenters. The van der Waals surface area contributed by atoms with Crippen molar-refractivity contribution in [2.24, 2.45) is 0 Å². The average molecular weight is 356 g/mol. The van der Waals surface area contributed by atoms with E-state index in [0.29, 0.717) is 44.2 Å². The van der Waals surface area contributed by atoms with E-state index in [-0.39, 0.29) is 0 Å². The minimum atomic E-state index is 0.548. The van der Waals surface area contributed by atoms with Crippen molar-refractivity contribution in [1.29, 1.82) is 0 Å². The number of para-hydroxylation sites is 2. The average Bonchev–Trinajstić information content (AvgIpc) is 2.56. The zero-order chi connectivity index (χ0) is 17.1. The molecule has 0 aromatic heterocycles. The SMILES string of the molecule is Nc1cc(Oc2ccccc2Oc2ccc(S)c(N)c2)ccc1S. The number of rotatable bonds is 4. The summed E-state index contributed by atoms with van der Waals surface area (Å²) >= 11 is 8.50. The first-order chi connectivity index (χ1) is 11.5. The van der Waals surface area contributed by atoms with Crippen LogP contribution in [0.25, 0.3) is 0 Å². The molecule has 0 fully saturated rings. The minimum Gasteiger partial charge on any atom is -0.453 e. The van der Waals surface area contributed by atoms with Gasteiger partial charge in [-0.3, -0.25) is 0 Å². The monoisotopic (exact) mass is 356 g/mol. The Morgan fingerprint density at radius 1 is 0.625 bits per heavy atom. The van der Waals surface area contributed by atoms with Crippen molar-refractivity contribution in [3.05, 3.63) is 60.7 Å². The lowest BCUT2D eigenvalue weighted by Gasteiger charge is -2.13. The summed E-state index contributed by atoms with van der Waals surface area (Å²) in [6.45, 7) is 0. The van der Waals surface area contributed by atoms with Crippen LogP contribution in [0.15, 0.2) is 70.5 Å². The molecule has 0 bridgehead atoms. The van der Waals surface area contributed by atoms with Crippen molar-refractivity contribution in [3.8, 4) is 23.0 Å². The van der Waals surface area contributed by atoms with Gasteiger partial charge in [0.05, 0.1) is 0 Å². The molecule has 3 aromatic rings. The Balaban J connectivity index is 1.87. The molecule has 0 radical (unpaired) electrons. The maximum Gasteiger partial charge on any atom is 0.169 e. The number of benzene rings is 3. The van der Waals surface area contributed by atoms with E-state index in [2.05, 4.69) is 25.3 Å². The van der Waals surface area contributed by atoms with E-state index in [1.165, 1.54) is 0 Å². The van der Waals surface area contributed by atoms with Gasteiger partial charge < -0.3 is 20.9 Å². The number of nitrogen functional groups attached to an aromatic ring is 2. The predicted molar refractivity (Wildman–Crippen MR) is 103 cm³/mol. The molecule has 0 amide bonds. The summed E-state index contributed by atoms with van der Waals surface area (Å²) in [5.74, 6) is 2.34. The molecule has 0 saturated heterocycles. The molecular formula is C18H16N2O2S2. The summed E-state index contributed by atoms with van der Waals surface area (Å²) in [4.78, 5) is 1.41. The Kier molecular flexibility index (Phi) is 4.78. The molecule has 4 N–H and O–H groups in total. The molecule has 0 unspecified atom stereocenters.